The Balaban J connectivity index is 2.04. The molecule has 3 nitrogen and oxygen atoms in total. The molecule has 0 unspecified atom stereocenters. The van der Waals surface area contributed by atoms with Crippen LogP contribution < -0.4 is 0 Å². The van der Waals surface area contributed by atoms with Crippen LogP contribution in [0.25, 0.3) is 0 Å². The van der Waals surface area contributed by atoms with Crippen molar-refractivity contribution < 1.29 is 22.4 Å². The molecular formula is C14H12F4N2OS. The number of benzene rings is 1. The fraction of sp³-hybridized carbons (Fsp3) is 0.286. The summed E-state index contributed by atoms with van der Waals surface area (Å²) >= 11 is 1.03. The van der Waals surface area contributed by atoms with Gasteiger partial charge >= 0.3 is 6.18 Å². The Morgan fingerprint density at radius 1 is 1.27 bits per heavy atom. The highest BCUT2D eigenvalue weighted by Crippen LogP contribution is 2.21. The number of hydrogen-bond acceptors (Lipinski definition) is 3. The molecule has 2 rings (SSSR count). The summed E-state index contributed by atoms with van der Waals surface area (Å²) in [7, 11) is 1.09. The van der Waals surface area contributed by atoms with Crippen LogP contribution in [0, 0.1) is 5.82 Å². The van der Waals surface area contributed by atoms with Gasteiger partial charge in [-0.05, 0) is 17.7 Å². The average molecular weight is 332 g/mol. The van der Waals surface area contributed by atoms with Crippen molar-refractivity contribution >= 4 is 17.2 Å². The van der Waals surface area contributed by atoms with Gasteiger partial charge in [0.05, 0.1) is 11.2 Å². The predicted molar refractivity (Wildman–Crippen MR) is 74.3 cm³/mol. The van der Waals surface area contributed by atoms with Gasteiger partial charge in [-0.2, -0.15) is 13.2 Å². The van der Waals surface area contributed by atoms with E-state index in [9.17, 15) is 22.4 Å². The predicted octanol–water partition coefficient (Wildman–Crippen LogP) is 3.51. The molecule has 1 aromatic heterocycles. The van der Waals surface area contributed by atoms with Crippen LogP contribution in [0.4, 0.5) is 17.6 Å². The third-order valence-corrected chi connectivity index (χ3v) is 3.78. The van der Waals surface area contributed by atoms with Crippen LogP contribution in [0.5, 0.6) is 0 Å². The summed E-state index contributed by atoms with van der Waals surface area (Å²) < 4.78 is 49.6. The standard InChI is InChI=1S/C14H12F4N2OS/c1-20(8-14(16,17)18)13(21)11-7-19-12(22-11)6-9-2-4-10(15)5-3-9/h2-5,7H,6,8H2,1H3. The number of carbonyl (C=O) groups excluding carboxylic acids is 1. The van der Waals surface area contributed by atoms with E-state index >= 15 is 0 Å². The Hall–Kier alpha value is -1.96. The normalized spacial score (nSPS) is 11.5. The molecule has 118 valence electrons. The number of halogens is 4. The van der Waals surface area contributed by atoms with E-state index in [0.29, 0.717) is 16.3 Å². The van der Waals surface area contributed by atoms with Crippen molar-refractivity contribution in [3.05, 3.63) is 51.7 Å². The number of amides is 1. The summed E-state index contributed by atoms with van der Waals surface area (Å²) in [4.78, 5) is 16.7. The molecule has 1 amide bonds. The fourth-order valence-electron chi connectivity index (χ4n) is 1.80. The Bertz CT molecular complexity index is 652. The number of thiazole rings is 1. The molecule has 1 heterocycles. The number of alkyl halides is 3. The van der Waals surface area contributed by atoms with Crippen LogP contribution in [-0.4, -0.2) is 35.6 Å². The second-order valence-corrected chi connectivity index (χ2v) is 5.81. The molecule has 0 bridgehead atoms. The lowest BCUT2D eigenvalue weighted by atomic mass is 10.2. The van der Waals surface area contributed by atoms with Gasteiger partial charge in [0.25, 0.3) is 5.91 Å². The van der Waals surface area contributed by atoms with E-state index in [0.717, 1.165) is 23.9 Å². The molecule has 0 N–H and O–H groups in total. The van der Waals surface area contributed by atoms with Gasteiger partial charge in [-0.15, -0.1) is 11.3 Å². The Kier molecular flexibility index (Phi) is 4.80. The van der Waals surface area contributed by atoms with Gasteiger partial charge in [0.2, 0.25) is 0 Å². The van der Waals surface area contributed by atoms with Crippen molar-refractivity contribution in [2.24, 2.45) is 0 Å². The zero-order valence-corrected chi connectivity index (χ0v) is 12.3. The quantitative estimate of drug-likeness (QED) is 0.803. The van der Waals surface area contributed by atoms with Crippen LogP contribution in [0.1, 0.15) is 20.2 Å². The second-order valence-electron chi connectivity index (χ2n) is 4.70. The first kappa shape index (κ1) is 16.4. The molecule has 0 fully saturated rings. The van der Waals surface area contributed by atoms with Crippen LogP contribution in [-0.2, 0) is 6.42 Å². The number of hydrogen-bond donors (Lipinski definition) is 0. The van der Waals surface area contributed by atoms with E-state index in [1.165, 1.54) is 18.3 Å². The first-order valence-electron chi connectivity index (χ1n) is 6.26. The van der Waals surface area contributed by atoms with E-state index < -0.39 is 18.6 Å². The highest BCUT2D eigenvalue weighted by molar-refractivity contribution is 7.13. The van der Waals surface area contributed by atoms with Crippen molar-refractivity contribution in [2.45, 2.75) is 12.6 Å². The molecule has 0 aliphatic carbocycles. The highest BCUT2D eigenvalue weighted by atomic mass is 32.1. The molecule has 22 heavy (non-hydrogen) atoms. The van der Waals surface area contributed by atoms with Crippen LogP contribution in [0.3, 0.4) is 0 Å². The van der Waals surface area contributed by atoms with Gasteiger partial charge in [-0.25, -0.2) is 9.37 Å². The lowest BCUT2D eigenvalue weighted by Crippen LogP contribution is -2.35. The van der Waals surface area contributed by atoms with Gasteiger partial charge in [0.15, 0.2) is 0 Å². The van der Waals surface area contributed by atoms with E-state index in [2.05, 4.69) is 4.98 Å². The smallest absolute Gasteiger partial charge is 0.332 e. The molecule has 0 spiro atoms. The summed E-state index contributed by atoms with van der Waals surface area (Å²) in [5.41, 5.74) is 0.804. The zero-order chi connectivity index (χ0) is 16.3. The average Bonchev–Trinajstić information content (AvgIpc) is 2.87. The zero-order valence-electron chi connectivity index (χ0n) is 11.5. The number of carbonyl (C=O) groups is 1. The maximum absolute atomic E-state index is 12.8. The topological polar surface area (TPSA) is 33.2 Å². The van der Waals surface area contributed by atoms with E-state index in [-0.39, 0.29) is 10.7 Å². The van der Waals surface area contributed by atoms with Crippen LogP contribution >= 0.6 is 11.3 Å². The molecule has 0 aliphatic heterocycles. The lowest BCUT2D eigenvalue weighted by Gasteiger charge is -2.17. The SMILES string of the molecule is CN(CC(F)(F)F)C(=O)c1cnc(Cc2ccc(F)cc2)s1. The third-order valence-electron chi connectivity index (χ3n) is 2.80. The van der Waals surface area contributed by atoms with Gasteiger partial charge < -0.3 is 4.90 Å². The van der Waals surface area contributed by atoms with E-state index in [1.807, 2.05) is 0 Å². The van der Waals surface area contributed by atoms with Crippen molar-refractivity contribution in [3.63, 3.8) is 0 Å². The molecule has 0 atom stereocenters. The van der Waals surface area contributed by atoms with Crippen LogP contribution in [0.2, 0.25) is 0 Å². The second kappa shape index (κ2) is 6.43. The van der Waals surface area contributed by atoms with Crippen molar-refractivity contribution in [3.8, 4) is 0 Å². The molecule has 8 heteroatoms. The largest absolute Gasteiger partial charge is 0.406 e. The molecule has 2 aromatic rings. The first-order chi connectivity index (χ1) is 10.2. The maximum Gasteiger partial charge on any atom is 0.406 e. The van der Waals surface area contributed by atoms with Crippen molar-refractivity contribution in [1.82, 2.24) is 9.88 Å². The Labute approximate surface area is 128 Å². The van der Waals surface area contributed by atoms with Crippen molar-refractivity contribution in [1.29, 1.82) is 0 Å². The molecular weight excluding hydrogens is 320 g/mol. The van der Waals surface area contributed by atoms with E-state index in [4.69, 9.17) is 0 Å². The van der Waals surface area contributed by atoms with Gasteiger partial charge in [0.1, 0.15) is 17.2 Å². The molecule has 0 saturated carbocycles. The molecule has 0 radical (unpaired) electrons. The summed E-state index contributed by atoms with van der Waals surface area (Å²) in [6.07, 6.45) is -2.79. The van der Waals surface area contributed by atoms with E-state index in [1.54, 1.807) is 12.1 Å². The third kappa shape index (κ3) is 4.52. The molecule has 1 aromatic carbocycles. The maximum atomic E-state index is 12.8. The van der Waals surface area contributed by atoms with Gasteiger partial charge in [-0.3, -0.25) is 4.79 Å². The minimum Gasteiger partial charge on any atom is -0.332 e. The minimum atomic E-state index is -4.44. The number of rotatable bonds is 4. The summed E-state index contributed by atoms with van der Waals surface area (Å²) in [6, 6.07) is 5.81. The molecule has 0 saturated heterocycles. The van der Waals surface area contributed by atoms with Gasteiger partial charge in [-0.1, -0.05) is 12.1 Å². The lowest BCUT2D eigenvalue weighted by molar-refractivity contribution is -0.138. The fourth-order valence-corrected chi connectivity index (χ4v) is 2.74. The monoisotopic (exact) mass is 332 g/mol. The minimum absolute atomic E-state index is 0.142. The van der Waals surface area contributed by atoms with Crippen LogP contribution in [0.15, 0.2) is 30.5 Å². The highest BCUT2D eigenvalue weighted by Gasteiger charge is 2.32. The number of nitrogens with zero attached hydrogens (tertiary/aromatic N) is 2. The molecule has 0 aliphatic rings. The summed E-state index contributed by atoms with van der Waals surface area (Å²) in [5.74, 6) is -1.08. The Morgan fingerprint density at radius 2 is 1.91 bits per heavy atom. The Morgan fingerprint density at radius 3 is 2.50 bits per heavy atom. The summed E-state index contributed by atoms with van der Waals surface area (Å²) in [6.45, 7) is -1.31. The van der Waals surface area contributed by atoms with Gasteiger partial charge in [0, 0.05) is 13.5 Å². The number of aromatic nitrogens is 1. The first-order valence-corrected chi connectivity index (χ1v) is 7.07. The van der Waals surface area contributed by atoms with Crippen molar-refractivity contribution in [2.75, 3.05) is 13.6 Å². The summed E-state index contributed by atoms with van der Waals surface area (Å²) in [5, 5.41) is 0.579.